The Morgan fingerprint density at radius 2 is 1.75 bits per heavy atom. The zero-order chi connectivity index (χ0) is 16.5. The van der Waals surface area contributed by atoms with E-state index in [1.807, 2.05) is 30.3 Å². The van der Waals surface area contributed by atoms with Crippen LogP contribution >= 0.6 is 0 Å². The number of aromatic amines is 1. The van der Waals surface area contributed by atoms with Crippen LogP contribution in [0.2, 0.25) is 0 Å². The van der Waals surface area contributed by atoms with Gasteiger partial charge in [0.05, 0.1) is 18.2 Å². The van der Waals surface area contributed by atoms with Crippen molar-refractivity contribution in [3.63, 3.8) is 0 Å². The van der Waals surface area contributed by atoms with E-state index in [0.717, 1.165) is 16.8 Å². The van der Waals surface area contributed by atoms with Crippen LogP contribution in [0.4, 0.5) is 4.39 Å². The van der Waals surface area contributed by atoms with Crippen molar-refractivity contribution in [3.05, 3.63) is 66.6 Å². The number of imidazole rings is 1. The summed E-state index contributed by atoms with van der Waals surface area (Å²) in [5.74, 6) is 1.12. The zero-order valence-electron chi connectivity index (χ0n) is 13.0. The third-order valence-corrected chi connectivity index (χ3v) is 3.88. The lowest BCUT2D eigenvalue weighted by molar-refractivity contribution is 0.416. The molecule has 118 valence electrons. The van der Waals surface area contributed by atoms with E-state index in [-0.39, 0.29) is 5.82 Å². The number of methoxy groups -OCH3 is 1. The normalized spacial score (nSPS) is 10.9. The van der Waals surface area contributed by atoms with Crippen LogP contribution in [0.1, 0.15) is 0 Å². The fourth-order valence-electron chi connectivity index (χ4n) is 2.71. The van der Waals surface area contributed by atoms with Crippen molar-refractivity contribution in [2.24, 2.45) is 0 Å². The summed E-state index contributed by atoms with van der Waals surface area (Å²) < 4.78 is 19.3. The van der Waals surface area contributed by atoms with Crippen molar-refractivity contribution in [3.8, 4) is 28.3 Å². The average Bonchev–Trinajstić information content (AvgIpc) is 3.05. The van der Waals surface area contributed by atoms with Crippen LogP contribution in [0.5, 0.6) is 5.75 Å². The molecule has 2 heterocycles. The first-order valence-electron chi connectivity index (χ1n) is 7.50. The highest BCUT2D eigenvalue weighted by atomic mass is 19.1. The fraction of sp³-hybridized carbons (Fsp3) is 0.0526. The lowest BCUT2D eigenvalue weighted by atomic mass is 10.1. The average molecular weight is 319 g/mol. The molecule has 24 heavy (non-hydrogen) atoms. The number of para-hydroxylation sites is 1. The maximum absolute atomic E-state index is 14.0. The molecule has 5 heteroatoms. The predicted octanol–water partition coefficient (Wildman–Crippen LogP) is 4.44. The monoisotopic (exact) mass is 319 g/mol. The first kappa shape index (κ1) is 14.4. The Kier molecular flexibility index (Phi) is 3.46. The van der Waals surface area contributed by atoms with E-state index < -0.39 is 0 Å². The Morgan fingerprint density at radius 1 is 1.00 bits per heavy atom. The number of pyridine rings is 1. The number of fused-ring (bicyclic) bond motifs is 1. The molecule has 0 saturated heterocycles. The summed E-state index contributed by atoms with van der Waals surface area (Å²) in [5.41, 5.74) is 3.40. The Labute approximate surface area is 138 Å². The molecule has 2 aromatic carbocycles. The second-order valence-corrected chi connectivity index (χ2v) is 5.36. The fourth-order valence-corrected chi connectivity index (χ4v) is 2.71. The number of rotatable bonds is 3. The largest absolute Gasteiger partial charge is 0.496 e. The lowest BCUT2D eigenvalue weighted by Crippen LogP contribution is -1.88. The first-order valence-corrected chi connectivity index (χ1v) is 7.50. The topological polar surface area (TPSA) is 50.8 Å². The van der Waals surface area contributed by atoms with Crippen molar-refractivity contribution in [1.29, 1.82) is 0 Å². The van der Waals surface area contributed by atoms with E-state index in [1.165, 1.54) is 6.07 Å². The van der Waals surface area contributed by atoms with Gasteiger partial charge >= 0.3 is 0 Å². The number of hydrogen-bond donors (Lipinski definition) is 1. The first-order chi connectivity index (χ1) is 11.8. The summed E-state index contributed by atoms with van der Waals surface area (Å²) in [5, 5.41) is 0. The lowest BCUT2D eigenvalue weighted by Gasteiger charge is -2.04. The van der Waals surface area contributed by atoms with Gasteiger partial charge in [0.2, 0.25) is 0 Å². The van der Waals surface area contributed by atoms with Gasteiger partial charge in [0.1, 0.15) is 17.4 Å². The van der Waals surface area contributed by atoms with E-state index in [2.05, 4.69) is 15.0 Å². The van der Waals surface area contributed by atoms with Gasteiger partial charge < -0.3 is 9.72 Å². The van der Waals surface area contributed by atoms with E-state index in [1.54, 1.807) is 31.5 Å². The van der Waals surface area contributed by atoms with Gasteiger partial charge in [0.15, 0.2) is 5.65 Å². The molecule has 0 bridgehead atoms. The SMILES string of the molecule is COc1ccccc1-c1nc2ncc(-c3ccccc3F)cc2[nH]1. The summed E-state index contributed by atoms with van der Waals surface area (Å²) in [7, 11) is 1.62. The molecule has 4 rings (SSSR count). The summed E-state index contributed by atoms with van der Waals surface area (Å²) in [6.45, 7) is 0. The molecule has 4 nitrogen and oxygen atoms in total. The maximum atomic E-state index is 14.0. The van der Waals surface area contributed by atoms with Gasteiger partial charge in [-0.05, 0) is 24.3 Å². The number of benzene rings is 2. The minimum Gasteiger partial charge on any atom is -0.496 e. The third-order valence-electron chi connectivity index (χ3n) is 3.88. The molecule has 0 aliphatic carbocycles. The molecule has 0 aliphatic heterocycles. The third kappa shape index (κ3) is 2.40. The molecule has 1 N–H and O–H groups in total. The zero-order valence-corrected chi connectivity index (χ0v) is 13.0. The van der Waals surface area contributed by atoms with Crippen LogP contribution in [-0.4, -0.2) is 22.1 Å². The molecule has 0 unspecified atom stereocenters. The number of hydrogen-bond acceptors (Lipinski definition) is 3. The molecular formula is C19H14FN3O. The highest BCUT2D eigenvalue weighted by Gasteiger charge is 2.12. The molecular weight excluding hydrogens is 305 g/mol. The van der Waals surface area contributed by atoms with Gasteiger partial charge in [-0.2, -0.15) is 0 Å². The second kappa shape index (κ2) is 5.77. The van der Waals surface area contributed by atoms with Gasteiger partial charge in [-0.1, -0.05) is 30.3 Å². The minimum absolute atomic E-state index is 0.275. The number of nitrogens with zero attached hydrogens (tertiary/aromatic N) is 2. The summed E-state index contributed by atoms with van der Waals surface area (Å²) in [4.78, 5) is 12.1. The quantitative estimate of drug-likeness (QED) is 0.607. The molecule has 0 spiro atoms. The molecule has 0 saturated carbocycles. The van der Waals surface area contributed by atoms with E-state index in [4.69, 9.17) is 4.74 Å². The van der Waals surface area contributed by atoms with Gasteiger partial charge in [0.25, 0.3) is 0 Å². The molecule has 0 radical (unpaired) electrons. The van der Waals surface area contributed by atoms with Crippen molar-refractivity contribution in [2.45, 2.75) is 0 Å². The molecule has 4 aromatic rings. The summed E-state index contributed by atoms with van der Waals surface area (Å²) in [6, 6.07) is 16.1. The molecule has 0 atom stereocenters. The van der Waals surface area contributed by atoms with Crippen molar-refractivity contribution in [2.75, 3.05) is 7.11 Å². The van der Waals surface area contributed by atoms with Crippen molar-refractivity contribution < 1.29 is 9.13 Å². The predicted molar refractivity (Wildman–Crippen MR) is 91.3 cm³/mol. The Balaban J connectivity index is 1.84. The maximum Gasteiger partial charge on any atom is 0.178 e. The van der Waals surface area contributed by atoms with Gasteiger partial charge in [0, 0.05) is 17.3 Å². The number of halogens is 1. The molecule has 2 aromatic heterocycles. The number of H-pyrrole nitrogens is 1. The van der Waals surface area contributed by atoms with Gasteiger partial charge in [-0.3, -0.25) is 0 Å². The molecule has 0 amide bonds. The second-order valence-electron chi connectivity index (χ2n) is 5.36. The Hall–Kier alpha value is -3.21. The highest BCUT2D eigenvalue weighted by molar-refractivity contribution is 5.82. The van der Waals surface area contributed by atoms with Gasteiger partial charge in [-0.25, -0.2) is 14.4 Å². The van der Waals surface area contributed by atoms with Crippen LogP contribution < -0.4 is 4.74 Å². The Bertz CT molecular complexity index is 1030. The van der Waals surface area contributed by atoms with E-state index in [0.29, 0.717) is 22.6 Å². The highest BCUT2D eigenvalue weighted by Crippen LogP contribution is 2.30. The van der Waals surface area contributed by atoms with Crippen LogP contribution in [-0.2, 0) is 0 Å². The van der Waals surface area contributed by atoms with E-state index >= 15 is 0 Å². The number of nitrogens with one attached hydrogen (secondary N) is 1. The van der Waals surface area contributed by atoms with Crippen LogP contribution in [0.15, 0.2) is 60.8 Å². The van der Waals surface area contributed by atoms with Crippen molar-refractivity contribution >= 4 is 11.2 Å². The van der Waals surface area contributed by atoms with E-state index in [9.17, 15) is 4.39 Å². The van der Waals surface area contributed by atoms with Crippen molar-refractivity contribution in [1.82, 2.24) is 15.0 Å². The van der Waals surface area contributed by atoms with Crippen LogP contribution in [0, 0.1) is 5.82 Å². The standard InChI is InChI=1S/C19H14FN3O/c1-24-17-9-5-3-7-14(17)18-22-16-10-12(11-21-19(16)23-18)13-6-2-4-8-15(13)20/h2-11H,1H3,(H,21,22,23). The molecule has 0 aliphatic rings. The summed E-state index contributed by atoms with van der Waals surface area (Å²) >= 11 is 0. The van der Waals surface area contributed by atoms with Crippen LogP contribution in [0.3, 0.4) is 0 Å². The summed E-state index contributed by atoms with van der Waals surface area (Å²) in [6.07, 6.45) is 1.63. The minimum atomic E-state index is -0.275. The van der Waals surface area contributed by atoms with Gasteiger partial charge in [-0.15, -0.1) is 0 Å². The molecule has 0 fully saturated rings. The number of ether oxygens (including phenoxy) is 1. The smallest absolute Gasteiger partial charge is 0.178 e. The van der Waals surface area contributed by atoms with Crippen LogP contribution in [0.25, 0.3) is 33.7 Å². The number of aromatic nitrogens is 3. The Morgan fingerprint density at radius 3 is 2.54 bits per heavy atom.